The summed E-state index contributed by atoms with van der Waals surface area (Å²) in [6.45, 7) is 3.93. The normalized spacial score (nSPS) is 11.0. The summed E-state index contributed by atoms with van der Waals surface area (Å²) in [4.78, 5) is 16.2. The largest absolute Gasteiger partial charge is 0.455 e. The van der Waals surface area contributed by atoms with E-state index in [9.17, 15) is 0 Å². The van der Waals surface area contributed by atoms with Gasteiger partial charge in [-0.15, -0.1) is 0 Å². The molecule has 6 nitrogen and oxygen atoms in total. The van der Waals surface area contributed by atoms with Crippen molar-refractivity contribution in [3.05, 3.63) is 60.0 Å². The van der Waals surface area contributed by atoms with Gasteiger partial charge < -0.3 is 15.5 Å². The maximum absolute atomic E-state index is 6.01. The molecule has 3 aromatic heterocycles. The molecule has 0 saturated heterocycles. The number of fused-ring (bicyclic) bond motifs is 1. The Morgan fingerprint density at radius 1 is 1.04 bits per heavy atom. The van der Waals surface area contributed by atoms with Crippen molar-refractivity contribution >= 4 is 16.9 Å². The Morgan fingerprint density at radius 3 is 2.68 bits per heavy atom. The summed E-state index contributed by atoms with van der Waals surface area (Å²) in [5.74, 6) is 2.51. The molecule has 0 unspecified atom stereocenters. The van der Waals surface area contributed by atoms with Gasteiger partial charge in [-0.3, -0.25) is 4.98 Å². The Kier molecular flexibility index (Phi) is 3.57. The molecule has 0 atom stereocenters. The summed E-state index contributed by atoms with van der Waals surface area (Å²) in [5.41, 5.74) is 10.4. The third-order valence-electron chi connectivity index (χ3n) is 3.98. The molecule has 0 saturated carbocycles. The summed E-state index contributed by atoms with van der Waals surface area (Å²) in [7, 11) is 0. The highest BCUT2D eigenvalue weighted by Gasteiger charge is 2.10. The smallest absolute Gasteiger partial charge is 0.162 e. The van der Waals surface area contributed by atoms with Crippen LogP contribution in [0.2, 0.25) is 0 Å². The molecule has 0 aliphatic rings. The molecule has 4 rings (SSSR count). The number of anilines is 1. The van der Waals surface area contributed by atoms with Gasteiger partial charge in [-0.05, 0) is 55.8 Å². The van der Waals surface area contributed by atoms with Crippen molar-refractivity contribution in [1.29, 1.82) is 0 Å². The molecule has 0 bridgehead atoms. The highest BCUT2D eigenvalue weighted by Crippen LogP contribution is 2.29. The number of hydrogen-bond donors (Lipinski definition) is 2. The molecule has 0 radical (unpaired) electrons. The zero-order chi connectivity index (χ0) is 17.4. The van der Waals surface area contributed by atoms with Crippen LogP contribution in [0.1, 0.15) is 11.3 Å². The van der Waals surface area contributed by atoms with Crippen molar-refractivity contribution in [2.24, 2.45) is 0 Å². The summed E-state index contributed by atoms with van der Waals surface area (Å²) in [6, 6.07) is 11.5. The number of rotatable bonds is 3. The molecule has 1 aromatic carbocycles. The summed E-state index contributed by atoms with van der Waals surface area (Å²) in [5, 5.41) is 0. The quantitative estimate of drug-likeness (QED) is 0.592. The first-order valence-corrected chi connectivity index (χ1v) is 7.92. The van der Waals surface area contributed by atoms with Gasteiger partial charge in [0.25, 0.3) is 0 Å². The molecular weight excluding hydrogens is 314 g/mol. The molecule has 25 heavy (non-hydrogen) atoms. The van der Waals surface area contributed by atoms with Crippen LogP contribution in [0.5, 0.6) is 11.5 Å². The Hall–Kier alpha value is -3.41. The molecule has 0 aliphatic carbocycles. The summed E-state index contributed by atoms with van der Waals surface area (Å²) >= 11 is 0. The standard InChI is InChI=1S/C19H17N5O/c1-11-9-13(19-23-15-7-8-21-17(15)18(20)24-19)4-6-16(11)25-14-5-3-12(2)22-10-14/h3-10,21H,1-2H3,(H2,20,23,24). The Morgan fingerprint density at radius 2 is 1.92 bits per heavy atom. The van der Waals surface area contributed by atoms with E-state index in [0.29, 0.717) is 17.4 Å². The van der Waals surface area contributed by atoms with Crippen molar-refractivity contribution in [1.82, 2.24) is 19.9 Å². The minimum Gasteiger partial charge on any atom is -0.455 e. The zero-order valence-electron chi connectivity index (χ0n) is 13.9. The van der Waals surface area contributed by atoms with E-state index in [2.05, 4.69) is 19.9 Å². The van der Waals surface area contributed by atoms with E-state index < -0.39 is 0 Å². The number of H-pyrrole nitrogens is 1. The first-order valence-electron chi connectivity index (χ1n) is 7.92. The number of nitrogens with two attached hydrogens (primary N) is 1. The first-order chi connectivity index (χ1) is 12.1. The minimum atomic E-state index is 0.439. The van der Waals surface area contributed by atoms with Gasteiger partial charge in [0.1, 0.15) is 17.0 Å². The Balaban J connectivity index is 1.67. The predicted molar refractivity (Wildman–Crippen MR) is 97.5 cm³/mol. The van der Waals surface area contributed by atoms with Gasteiger partial charge in [0.15, 0.2) is 11.6 Å². The number of aromatic nitrogens is 4. The van der Waals surface area contributed by atoms with E-state index in [-0.39, 0.29) is 0 Å². The lowest BCUT2D eigenvalue weighted by atomic mass is 10.1. The number of aromatic amines is 1. The topological polar surface area (TPSA) is 89.7 Å². The molecule has 4 aromatic rings. The zero-order valence-corrected chi connectivity index (χ0v) is 13.9. The van der Waals surface area contributed by atoms with Gasteiger partial charge in [0.05, 0.1) is 11.7 Å². The Labute approximate surface area is 144 Å². The van der Waals surface area contributed by atoms with E-state index in [4.69, 9.17) is 10.5 Å². The van der Waals surface area contributed by atoms with Crippen molar-refractivity contribution in [2.45, 2.75) is 13.8 Å². The lowest BCUT2D eigenvalue weighted by Gasteiger charge is -2.10. The van der Waals surface area contributed by atoms with Gasteiger partial charge in [0.2, 0.25) is 0 Å². The third-order valence-corrected chi connectivity index (χ3v) is 3.98. The predicted octanol–water partition coefficient (Wildman–Crippen LogP) is 4.01. The molecule has 3 N–H and O–H groups in total. The van der Waals surface area contributed by atoms with Crippen LogP contribution < -0.4 is 10.5 Å². The van der Waals surface area contributed by atoms with Crippen LogP contribution >= 0.6 is 0 Å². The Bertz CT molecular complexity index is 1050. The number of nitrogens with one attached hydrogen (secondary N) is 1. The molecule has 0 fully saturated rings. The summed E-state index contributed by atoms with van der Waals surface area (Å²) in [6.07, 6.45) is 3.52. The van der Waals surface area contributed by atoms with Crippen LogP contribution in [0, 0.1) is 13.8 Å². The average Bonchev–Trinajstić information content (AvgIpc) is 3.08. The van der Waals surface area contributed by atoms with Gasteiger partial charge in [-0.1, -0.05) is 0 Å². The van der Waals surface area contributed by atoms with Crippen LogP contribution in [0.25, 0.3) is 22.4 Å². The van der Waals surface area contributed by atoms with Gasteiger partial charge >= 0.3 is 0 Å². The molecular formula is C19H17N5O. The second-order valence-electron chi connectivity index (χ2n) is 5.89. The maximum Gasteiger partial charge on any atom is 0.162 e. The number of ether oxygens (including phenoxy) is 1. The monoisotopic (exact) mass is 331 g/mol. The van der Waals surface area contributed by atoms with Crippen LogP contribution in [-0.4, -0.2) is 19.9 Å². The van der Waals surface area contributed by atoms with E-state index in [1.54, 1.807) is 12.4 Å². The molecule has 3 heterocycles. The highest BCUT2D eigenvalue weighted by atomic mass is 16.5. The number of aryl methyl sites for hydroxylation is 2. The fourth-order valence-corrected chi connectivity index (χ4v) is 2.64. The number of hydrogen-bond acceptors (Lipinski definition) is 5. The van der Waals surface area contributed by atoms with Crippen LogP contribution in [0.4, 0.5) is 5.82 Å². The van der Waals surface area contributed by atoms with E-state index in [0.717, 1.165) is 33.6 Å². The molecule has 0 spiro atoms. The number of benzene rings is 1. The summed E-state index contributed by atoms with van der Waals surface area (Å²) < 4.78 is 5.90. The van der Waals surface area contributed by atoms with Crippen LogP contribution in [0.3, 0.4) is 0 Å². The number of nitrogen functional groups attached to an aromatic ring is 1. The molecule has 0 amide bonds. The van der Waals surface area contributed by atoms with E-state index in [1.807, 2.05) is 50.2 Å². The van der Waals surface area contributed by atoms with E-state index in [1.165, 1.54) is 0 Å². The highest BCUT2D eigenvalue weighted by molar-refractivity contribution is 5.86. The van der Waals surface area contributed by atoms with Crippen molar-refractivity contribution < 1.29 is 4.74 Å². The fraction of sp³-hybridized carbons (Fsp3) is 0.105. The van der Waals surface area contributed by atoms with Gasteiger partial charge in [-0.2, -0.15) is 0 Å². The van der Waals surface area contributed by atoms with Crippen molar-refractivity contribution in [3.8, 4) is 22.9 Å². The second-order valence-corrected chi connectivity index (χ2v) is 5.89. The maximum atomic E-state index is 6.01. The fourth-order valence-electron chi connectivity index (χ4n) is 2.64. The van der Waals surface area contributed by atoms with Gasteiger partial charge in [-0.25, -0.2) is 9.97 Å². The van der Waals surface area contributed by atoms with Crippen molar-refractivity contribution in [2.75, 3.05) is 5.73 Å². The van der Waals surface area contributed by atoms with Crippen LogP contribution in [0.15, 0.2) is 48.8 Å². The van der Waals surface area contributed by atoms with Gasteiger partial charge in [0, 0.05) is 17.5 Å². The van der Waals surface area contributed by atoms with Crippen molar-refractivity contribution in [3.63, 3.8) is 0 Å². The molecule has 0 aliphatic heterocycles. The lowest BCUT2D eigenvalue weighted by Crippen LogP contribution is -1.97. The van der Waals surface area contributed by atoms with Crippen LogP contribution in [-0.2, 0) is 0 Å². The lowest BCUT2D eigenvalue weighted by molar-refractivity contribution is 0.476. The first kappa shape index (κ1) is 15.1. The second kappa shape index (κ2) is 5.90. The average molecular weight is 331 g/mol. The minimum absolute atomic E-state index is 0.439. The molecule has 6 heteroatoms. The SMILES string of the molecule is Cc1ccc(Oc2ccc(-c3nc(N)c4[nH]ccc4n3)cc2C)cn1. The van der Waals surface area contributed by atoms with E-state index >= 15 is 0 Å². The molecule has 124 valence electrons. The number of nitrogens with zero attached hydrogens (tertiary/aromatic N) is 3. The third kappa shape index (κ3) is 2.89. The number of pyridine rings is 1.